The first-order chi connectivity index (χ1) is 10.4. The summed E-state index contributed by atoms with van der Waals surface area (Å²) < 4.78 is 1.98. The van der Waals surface area contributed by atoms with Gasteiger partial charge >= 0.3 is 6.03 Å². The van der Waals surface area contributed by atoms with Gasteiger partial charge in [-0.3, -0.25) is 9.69 Å². The summed E-state index contributed by atoms with van der Waals surface area (Å²) >= 11 is 1.57. The highest BCUT2D eigenvalue weighted by atomic mass is 32.2. The number of carbonyl (C=O) groups is 2. The molecule has 120 valence electrons. The number of aryl methyl sites for hydroxylation is 1. The highest BCUT2D eigenvalue weighted by Gasteiger charge is 2.43. The molecule has 8 heteroatoms. The standard InChI is InChI=1S/C14H21N5O2S/c1-5-7-18-10(2)16-17-13(18)22-9-6-8-19-11(20)14(3,4)15-12(19)21/h5H,1,6-9H2,2-4H3,(H,15,21). The van der Waals surface area contributed by atoms with E-state index in [1.165, 1.54) is 4.90 Å². The number of allylic oxidation sites excluding steroid dienone is 1. The number of hydrogen-bond donors (Lipinski definition) is 1. The highest BCUT2D eigenvalue weighted by Crippen LogP contribution is 2.20. The van der Waals surface area contributed by atoms with Crippen LogP contribution in [0, 0.1) is 6.92 Å². The molecule has 0 spiro atoms. The summed E-state index contributed by atoms with van der Waals surface area (Å²) in [6.45, 7) is 10.1. The maximum atomic E-state index is 12.0. The maximum absolute atomic E-state index is 12.0. The van der Waals surface area contributed by atoms with Gasteiger partial charge in [0.15, 0.2) is 5.16 Å². The van der Waals surface area contributed by atoms with Crippen molar-refractivity contribution in [3.8, 4) is 0 Å². The molecule has 0 radical (unpaired) electrons. The number of aromatic nitrogens is 3. The van der Waals surface area contributed by atoms with Crippen LogP contribution >= 0.6 is 11.8 Å². The van der Waals surface area contributed by atoms with E-state index in [1.54, 1.807) is 31.7 Å². The molecular weight excluding hydrogens is 302 g/mol. The molecule has 1 aliphatic rings. The summed E-state index contributed by atoms with van der Waals surface area (Å²) in [7, 11) is 0. The number of carbonyl (C=O) groups excluding carboxylic acids is 2. The fourth-order valence-electron chi connectivity index (χ4n) is 2.21. The van der Waals surface area contributed by atoms with Crippen LogP contribution in [0.1, 0.15) is 26.1 Å². The Morgan fingerprint density at radius 1 is 1.36 bits per heavy atom. The normalized spacial score (nSPS) is 17.0. The Labute approximate surface area is 134 Å². The Hall–Kier alpha value is -1.83. The molecule has 0 saturated carbocycles. The zero-order valence-electron chi connectivity index (χ0n) is 13.1. The summed E-state index contributed by atoms with van der Waals surface area (Å²) in [5.41, 5.74) is -0.800. The Morgan fingerprint density at radius 2 is 2.09 bits per heavy atom. The first-order valence-electron chi connectivity index (χ1n) is 7.14. The van der Waals surface area contributed by atoms with Crippen molar-refractivity contribution in [2.45, 2.75) is 44.4 Å². The van der Waals surface area contributed by atoms with E-state index in [1.807, 2.05) is 11.5 Å². The van der Waals surface area contributed by atoms with E-state index in [9.17, 15) is 9.59 Å². The van der Waals surface area contributed by atoms with Crippen molar-refractivity contribution in [2.24, 2.45) is 0 Å². The van der Waals surface area contributed by atoms with Crippen molar-refractivity contribution >= 4 is 23.7 Å². The van der Waals surface area contributed by atoms with Gasteiger partial charge in [-0.1, -0.05) is 17.8 Å². The van der Waals surface area contributed by atoms with Gasteiger partial charge in [-0.15, -0.1) is 16.8 Å². The summed E-state index contributed by atoms with van der Waals surface area (Å²) in [5, 5.41) is 11.7. The zero-order valence-corrected chi connectivity index (χ0v) is 13.9. The second-order valence-corrected chi connectivity index (χ2v) is 6.71. The number of amides is 3. The van der Waals surface area contributed by atoms with Gasteiger partial charge in [-0.2, -0.15) is 0 Å². The molecular formula is C14H21N5O2S. The van der Waals surface area contributed by atoms with Crippen LogP contribution in [0.25, 0.3) is 0 Å². The maximum Gasteiger partial charge on any atom is 0.325 e. The van der Waals surface area contributed by atoms with Gasteiger partial charge in [0.2, 0.25) is 0 Å². The Kier molecular flexibility index (Phi) is 4.90. The Morgan fingerprint density at radius 3 is 2.68 bits per heavy atom. The lowest BCUT2D eigenvalue weighted by molar-refractivity contribution is -0.130. The van der Waals surface area contributed by atoms with E-state index in [4.69, 9.17) is 0 Å². The van der Waals surface area contributed by atoms with Crippen molar-refractivity contribution in [3.05, 3.63) is 18.5 Å². The molecule has 1 fully saturated rings. The predicted octanol–water partition coefficient (Wildman–Crippen LogP) is 1.59. The molecule has 2 heterocycles. The van der Waals surface area contributed by atoms with Gasteiger partial charge in [0.1, 0.15) is 11.4 Å². The Bertz CT molecular complexity index is 596. The lowest BCUT2D eigenvalue weighted by Gasteiger charge is -2.15. The van der Waals surface area contributed by atoms with Crippen LogP contribution in [0.4, 0.5) is 4.79 Å². The van der Waals surface area contributed by atoms with E-state index in [2.05, 4.69) is 22.1 Å². The molecule has 0 aromatic carbocycles. The SMILES string of the molecule is C=CCn1c(C)nnc1SCCCN1C(=O)NC(C)(C)C1=O. The van der Waals surface area contributed by atoms with E-state index < -0.39 is 5.54 Å². The predicted molar refractivity (Wildman–Crippen MR) is 84.6 cm³/mol. The van der Waals surface area contributed by atoms with Crippen molar-refractivity contribution in [3.63, 3.8) is 0 Å². The first kappa shape index (κ1) is 16.5. The molecule has 1 aromatic heterocycles. The fraction of sp³-hybridized carbons (Fsp3) is 0.571. The van der Waals surface area contributed by atoms with Crippen LogP contribution < -0.4 is 5.32 Å². The number of nitrogens with zero attached hydrogens (tertiary/aromatic N) is 4. The zero-order chi connectivity index (χ0) is 16.3. The van der Waals surface area contributed by atoms with E-state index in [0.29, 0.717) is 19.5 Å². The molecule has 0 bridgehead atoms. The first-order valence-corrected chi connectivity index (χ1v) is 8.13. The molecule has 0 atom stereocenters. The Balaban J connectivity index is 1.84. The second-order valence-electron chi connectivity index (χ2n) is 5.64. The molecule has 7 nitrogen and oxygen atoms in total. The molecule has 1 aromatic rings. The summed E-state index contributed by atoms with van der Waals surface area (Å²) in [6.07, 6.45) is 2.51. The van der Waals surface area contributed by atoms with Crippen LogP contribution in [0.2, 0.25) is 0 Å². The lowest BCUT2D eigenvalue weighted by atomic mass is 10.1. The number of nitrogens with one attached hydrogen (secondary N) is 1. The quantitative estimate of drug-likeness (QED) is 0.357. The average Bonchev–Trinajstić information content (AvgIpc) is 2.87. The molecule has 3 amide bonds. The van der Waals surface area contributed by atoms with Gasteiger partial charge in [0, 0.05) is 18.8 Å². The lowest BCUT2D eigenvalue weighted by Crippen LogP contribution is -2.40. The fourth-order valence-corrected chi connectivity index (χ4v) is 3.13. The van der Waals surface area contributed by atoms with E-state index in [-0.39, 0.29) is 11.9 Å². The van der Waals surface area contributed by atoms with Crippen molar-refractivity contribution in [1.82, 2.24) is 25.0 Å². The minimum Gasteiger partial charge on any atom is -0.324 e. The molecule has 1 aliphatic heterocycles. The molecule has 22 heavy (non-hydrogen) atoms. The minimum absolute atomic E-state index is 0.173. The van der Waals surface area contributed by atoms with Crippen LogP contribution in [0.3, 0.4) is 0 Å². The molecule has 0 unspecified atom stereocenters. The van der Waals surface area contributed by atoms with Crippen molar-refractivity contribution in [2.75, 3.05) is 12.3 Å². The van der Waals surface area contributed by atoms with Crippen LogP contribution in [-0.4, -0.2) is 49.4 Å². The van der Waals surface area contributed by atoms with Gasteiger partial charge < -0.3 is 9.88 Å². The van der Waals surface area contributed by atoms with Gasteiger partial charge in [-0.25, -0.2) is 4.79 Å². The van der Waals surface area contributed by atoms with Crippen LogP contribution in [0.5, 0.6) is 0 Å². The summed E-state index contributed by atoms with van der Waals surface area (Å²) in [4.78, 5) is 25.1. The van der Waals surface area contributed by atoms with Crippen LogP contribution in [0.15, 0.2) is 17.8 Å². The summed E-state index contributed by atoms with van der Waals surface area (Å²) in [6, 6.07) is -0.314. The highest BCUT2D eigenvalue weighted by molar-refractivity contribution is 7.99. The van der Waals surface area contributed by atoms with Crippen molar-refractivity contribution < 1.29 is 9.59 Å². The third kappa shape index (κ3) is 3.32. The van der Waals surface area contributed by atoms with Gasteiger partial charge in [0.25, 0.3) is 5.91 Å². The number of thioether (sulfide) groups is 1. The molecule has 1 saturated heterocycles. The topological polar surface area (TPSA) is 80.1 Å². The van der Waals surface area contributed by atoms with Gasteiger partial charge in [-0.05, 0) is 27.2 Å². The third-order valence-corrected chi connectivity index (χ3v) is 4.47. The third-order valence-electron chi connectivity index (χ3n) is 3.42. The number of urea groups is 1. The number of hydrogen-bond acceptors (Lipinski definition) is 5. The largest absolute Gasteiger partial charge is 0.325 e. The van der Waals surface area contributed by atoms with Gasteiger partial charge in [0.05, 0.1) is 0 Å². The average molecular weight is 323 g/mol. The monoisotopic (exact) mass is 323 g/mol. The number of imide groups is 1. The van der Waals surface area contributed by atoms with Crippen molar-refractivity contribution in [1.29, 1.82) is 0 Å². The van der Waals surface area contributed by atoms with E-state index >= 15 is 0 Å². The molecule has 0 aliphatic carbocycles. The van der Waals surface area contributed by atoms with Crippen LogP contribution in [-0.2, 0) is 11.3 Å². The minimum atomic E-state index is -0.800. The molecule has 1 N–H and O–H groups in total. The second kappa shape index (κ2) is 6.51. The van der Waals surface area contributed by atoms with E-state index in [0.717, 1.165) is 16.7 Å². The number of rotatable bonds is 7. The summed E-state index contributed by atoms with van der Waals surface area (Å²) in [5.74, 6) is 1.43. The molecule has 2 rings (SSSR count). The smallest absolute Gasteiger partial charge is 0.324 e.